The largest absolute Gasteiger partial charge is 0.322 e. The molecule has 1 heterocycles. The number of fused-ring (bicyclic) bond motifs is 1. The van der Waals surface area contributed by atoms with Gasteiger partial charge in [0.1, 0.15) is 0 Å². The molecule has 1 aliphatic rings. The Morgan fingerprint density at radius 1 is 1.20 bits per heavy atom. The second kappa shape index (κ2) is 6.88. The minimum Gasteiger partial charge on any atom is -0.322 e. The molecule has 0 unspecified atom stereocenters. The Hall–Kier alpha value is -2.34. The van der Waals surface area contributed by atoms with E-state index in [2.05, 4.69) is 5.32 Å². The standard InChI is InChI=1S/C19H22N2O3S/c1-3-25(23,24)21-12-6-8-15-13-16(10-11-18(15)21)19(22)20-17-9-5-4-7-14(17)2/h4-5,7,9-11,13H,3,6,8,12H2,1-2H3,(H,20,22). The van der Waals surface area contributed by atoms with Crippen molar-refractivity contribution in [1.82, 2.24) is 0 Å². The van der Waals surface area contributed by atoms with Crippen LogP contribution < -0.4 is 9.62 Å². The number of hydrogen-bond donors (Lipinski definition) is 1. The van der Waals surface area contributed by atoms with Gasteiger partial charge in [-0.25, -0.2) is 8.42 Å². The van der Waals surface area contributed by atoms with E-state index in [4.69, 9.17) is 0 Å². The smallest absolute Gasteiger partial charge is 0.255 e. The molecule has 6 heteroatoms. The molecule has 0 saturated heterocycles. The van der Waals surface area contributed by atoms with Crippen molar-refractivity contribution in [2.24, 2.45) is 0 Å². The van der Waals surface area contributed by atoms with Crippen LogP contribution in [0, 0.1) is 6.92 Å². The molecule has 1 aliphatic heterocycles. The zero-order valence-electron chi connectivity index (χ0n) is 14.5. The number of benzene rings is 2. The fourth-order valence-electron chi connectivity index (χ4n) is 3.06. The number of carbonyl (C=O) groups is 1. The maximum Gasteiger partial charge on any atom is 0.255 e. The van der Waals surface area contributed by atoms with Gasteiger partial charge in [0.15, 0.2) is 0 Å². The molecule has 0 bridgehead atoms. The van der Waals surface area contributed by atoms with Gasteiger partial charge >= 0.3 is 0 Å². The van der Waals surface area contributed by atoms with E-state index in [1.807, 2.05) is 31.2 Å². The molecule has 25 heavy (non-hydrogen) atoms. The van der Waals surface area contributed by atoms with E-state index in [1.54, 1.807) is 25.1 Å². The molecule has 0 saturated carbocycles. The van der Waals surface area contributed by atoms with Gasteiger partial charge in [0.2, 0.25) is 10.0 Å². The molecular weight excluding hydrogens is 336 g/mol. The van der Waals surface area contributed by atoms with Crippen LogP contribution in [0.1, 0.15) is 34.8 Å². The molecule has 3 rings (SSSR count). The summed E-state index contributed by atoms with van der Waals surface area (Å²) >= 11 is 0. The molecule has 0 fully saturated rings. The zero-order chi connectivity index (χ0) is 18.0. The van der Waals surface area contributed by atoms with Gasteiger partial charge < -0.3 is 5.32 Å². The van der Waals surface area contributed by atoms with E-state index in [1.165, 1.54) is 4.31 Å². The second-order valence-corrected chi connectivity index (χ2v) is 8.37. The number of amides is 1. The molecule has 5 nitrogen and oxygen atoms in total. The number of anilines is 2. The van der Waals surface area contributed by atoms with Crippen molar-refractivity contribution in [3.05, 3.63) is 59.2 Å². The predicted molar refractivity (Wildman–Crippen MR) is 101 cm³/mol. The maximum absolute atomic E-state index is 12.5. The molecule has 1 N–H and O–H groups in total. The van der Waals surface area contributed by atoms with Crippen molar-refractivity contribution in [3.63, 3.8) is 0 Å². The van der Waals surface area contributed by atoms with Crippen molar-refractivity contribution in [2.45, 2.75) is 26.7 Å². The van der Waals surface area contributed by atoms with E-state index in [9.17, 15) is 13.2 Å². The van der Waals surface area contributed by atoms with Crippen LogP contribution in [0.2, 0.25) is 0 Å². The number of aryl methyl sites for hydroxylation is 2. The summed E-state index contributed by atoms with van der Waals surface area (Å²) in [5, 5.41) is 2.92. The van der Waals surface area contributed by atoms with Crippen molar-refractivity contribution in [3.8, 4) is 0 Å². The number of rotatable bonds is 4. The number of carbonyl (C=O) groups excluding carboxylic acids is 1. The number of hydrogen-bond acceptors (Lipinski definition) is 3. The Balaban J connectivity index is 1.88. The molecule has 2 aromatic rings. The quantitative estimate of drug-likeness (QED) is 0.911. The minimum atomic E-state index is -3.29. The highest BCUT2D eigenvalue weighted by molar-refractivity contribution is 7.92. The Morgan fingerprint density at radius 3 is 2.68 bits per heavy atom. The van der Waals surface area contributed by atoms with E-state index in [0.29, 0.717) is 17.8 Å². The summed E-state index contributed by atoms with van der Waals surface area (Å²) in [6.07, 6.45) is 1.53. The van der Waals surface area contributed by atoms with Gasteiger partial charge in [-0.05, 0) is 62.1 Å². The highest BCUT2D eigenvalue weighted by Gasteiger charge is 2.26. The third kappa shape index (κ3) is 3.54. The Bertz CT molecular complexity index is 907. The summed E-state index contributed by atoms with van der Waals surface area (Å²) in [5.74, 6) is -0.116. The summed E-state index contributed by atoms with van der Waals surface area (Å²) in [6.45, 7) is 4.08. The van der Waals surface area contributed by atoms with Crippen molar-refractivity contribution in [1.29, 1.82) is 0 Å². The van der Waals surface area contributed by atoms with Gasteiger partial charge in [0.25, 0.3) is 5.91 Å². The molecule has 0 aliphatic carbocycles. The molecular formula is C19H22N2O3S. The fourth-order valence-corrected chi connectivity index (χ4v) is 4.25. The topological polar surface area (TPSA) is 66.5 Å². The Labute approximate surface area is 148 Å². The zero-order valence-corrected chi connectivity index (χ0v) is 15.3. The van der Waals surface area contributed by atoms with Gasteiger partial charge in [-0.15, -0.1) is 0 Å². The third-order valence-electron chi connectivity index (χ3n) is 4.51. The van der Waals surface area contributed by atoms with Crippen molar-refractivity contribution in [2.75, 3.05) is 21.9 Å². The van der Waals surface area contributed by atoms with Gasteiger partial charge in [0.05, 0.1) is 11.4 Å². The molecule has 132 valence electrons. The average molecular weight is 358 g/mol. The maximum atomic E-state index is 12.5. The lowest BCUT2D eigenvalue weighted by atomic mass is 10.0. The van der Waals surface area contributed by atoms with Gasteiger partial charge in [-0.3, -0.25) is 9.10 Å². The highest BCUT2D eigenvalue weighted by Crippen LogP contribution is 2.30. The minimum absolute atomic E-state index is 0.0714. The predicted octanol–water partition coefficient (Wildman–Crippen LogP) is 3.35. The first-order valence-corrected chi connectivity index (χ1v) is 10.0. The highest BCUT2D eigenvalue weighted by atomic mass is 32.2. The first kappa shape index (κ1) is 17.5. The number of nitrogens with one attached hydrogen (secondary N) is 1. The van der Waals surface area contributed by atoms with Crippen molar-refractivity contribution >= 4 is 27.3 Å². The molecule has 0 aromatic heterocycles. The average Bonchev–Trinajstić information content (AvgIpc) is 2.62. The van der Waals surface area contributed by atoms with Crippen LogP contribution in [0.15, 0.2) is 42.5 Å². The van der Waals surface area contributed by atoms with E-state index >= 15 is 0 Å². The van der Waals surface area contributed by atoms with Crippen LogP contribution in [0.4, 0.5) is 11.4 Å². The lowest BCUT2D eigenvalue weighted by Gasteiger charge is -2.30. The second-order valence-electron chi connectivity index (χ2n) is 6.19. The summed E-state index contributed by atoms with van der Waals surface area (Å²) in [5.41, 5.74) is 3.91. The van der Waals surface area contributed by atoms with Crippen LogP contribution in [-0.4, -0.2) is 26.6 Å². The molecule has 0 atom stereocenters. The van der Waals surface area contributed by atoms with Crippen LogP contribution in [-0.2, 0) is 16.4 Å². The lowest BCUT2D eigenvalue weighted by molar-refractivity contribution is 0.102. The third-order valence-corrected chi connectivity index (χ3v) is 6.29. The molecule has 1 amide bonds. The van der Waals surface area contributed by atoms with Crippen LogP contribution >= 0.6 is 0 Å². The molecule has 2 aromatic carbocycles. The number of sulfonamides is 1. The number of nitrogens with zero attached hydrogens (tertiary/aromatic N) is 1. The van der Waals surface area contributed by atoms with Crippen LogP contribution in [0.25, 0.3) is 0 Å². The summed E-state index contributed by atoms with van der Waals surface area (Å²) in [6, 6.07) is 12.8. The normalized spacial score (nSPS) is 14.1. The molecule has 0 radical (unpaired) electrons. The SMILES string of the molecule is CCS(=O)(=O)N1CCCc2cc(C(=O)Nc3ccccc3C)ccc21. The lowest BCUT2D eigenvalue weighted by Crippen LogP contribution is -2.36. The first-order valence-electron chi connectivity index (χ1n) is 8.42. The monoisotopic (exact) mass is 358 g/mol. The van der Waals surface area contributed by atoms with E-state index in [-0.39, 0.29) is 11.7 Å². The first-order chi connectivity index (χ1) is 11.9. The van der Waals surface area contributed by atoms with Crippen molar-refractivity contribution < 1.29 is 13.2 Å². The number of para-hydroxylation sites is 1. The van der Waals surface area contributed by atoms with Gasteiger partial charge in [-0.1, -0.05) is 18.2 Å². The summed E-state index contributed by atoms with van der Waals surface area (Å²) in [7, 11) is -3.29. The summed E-state index contributed by atoms with van der Waals surface area (Å²) < 4.78 is 26.0. The fraction of sp³-hybridized carbons (Fsp3) is 0.316. The Kier molecular flexibility index (Phi) is 4.81. The van der Waals surface area contributed by atoms with Gasteiger partial charge in [0, 0.05) is 17.8 Å². The van der Waals surface area contributed by atoms with E-state index in [0.717, 1.165) is 29.7 Å². The summed E-state index contributed by atoms with van der Waals surface area (Å²) in [4.78, 5) is 12.5. The molecule has 0 spiro atoms. The van der Waals surface area contributed by atoms with Crippen LogP contribution in [0.3, 0.4) is 0 Å². The van der Waals surface area contributed by atoms with Crippen LogP contribution in [0.5, 0.6) is 0 Å². The Morgan fingerprint density at radius 2 is 1.96 bits per heavy atom. The van der Waals surface area contributed by atoms with E-state index < -0.39 is 10.0 Å². The van der Waals surface area contributed by atoms with Gasteiger partial charge in [-0.2, -0.15) is 0 Å².